The summed E-state index contributed by atoms with van der Waals surface area (Å²) in [6.07, 6.45) is 4.65. The van der Waals surface area contributed by atoms with Crippen LogP contribution in [-0.2, 0) is 6.42 Å². The van der Waals surface area contributed by atoms with Crippen molar-refractivity contribution in [2.24, 2.45) is 4.99 Å². The zero-order chi connectivity index (χ0) is 16.7. The minimum Gasteiger partial charge on any atom is -0.356 e. The minimum absolute atomic E-state index is 0.0811. The van der Waals surface area contributed by atoms with Gasteiger partial charge in [0.2, 0.25) is 0 Å². The third kappa shape index (κ3) is 4.96. The molecule has 1 aromatic heterocycles. The molecule has 23 heavy (non-hydrogen) atoms. The summed E-state index contributed by atoms with van der Waals surface area (Å²) in [6.45, 7) is 4.95. The van der Waals surface area contributed by atoms with Gasteiger partial charge in [-0.1, -0.05) is 29.8 Å². The first-order chi connectivity index (χ1) is 11.1. The molecule has 1 unspecified atom stereocenters. The Bertz CT molecular complexity index is 670. The second kappa shape index (κ2) is 8.53. The van der Waals surface area contributed by atoms with Gasteiger partial charge in [-0.3, -0.25) is 9.98 Å². The van der Waals surface area contributed by atoms with E-state index in [1.807, 2.05) is 36.7 Å². The van der Waals surface area contributed by atoms with E-state index >= 15 is 0 Å². The number of aromatic nitrogens is 1. The van der Waals surface area contributed by atoms with E-state index in [1.165, 1.54) is 11.1 Å². The topological polar surface area (TPSA) is 49.3 Å². The Morgan fingerprint density at radius 3 is 2.78 bits per heavy atom. The monoisotopic (exact) mass is 330 g/mol. The number of nitrogens with one attached hydrogen (secondary N) is 2. The lowest BCUT2D eigenvalue weighted by Gasteiger charge is -2.19. The van der Waals surface area contributed by atoms with Crippen molar-refractivity contribution in [2.45, 2.75) is 26.3 Å². The average Bonchev–Trinajstić information content (AvgIpc) is 2.56. The van der Waals surface area contributed by atoms with Gasteiger partial charge in [-0.05, 0) is 49.1 Å². The lowest BCUT2D eigenvalue weighted by atomic mass is 10.1. The molecule has 122 valence electrons. The quantitative estimate of drug-likeness (QED) is 0.651. The summed E-state index contributed by atoms with van der Waals surface area (Å²) in [6, 6.07) is 9.98. The second-order valence-corrected chi connectivity index (χ2v) is 5.85. The molecule has 0 amide bonds. The van der Waals surface area contributed by atoms with Crippen LogP contribution in [0.3, 0.4) is 0 Å². The molecule has 2 rings (SSSR count). The van der Waals surface area contributed by atoms with Gasteiger partial charge in [0, 0.05) is 31.0 Å². The summed E-state index contributed by atoms with van der Waals surface area (Å²) in [5.74, 6) is 0.768. The van der Waals surface area contributed by atoms with Crippen LogP contribution >= 0.6 is 11.6 Å². The highest BCUT2D eigenvalue weighted by atomic mass is 35.5. The first kappa shape index (κ1) is 17.3. The van der Waals surface area contributed by atoms with E-state index < -0.39 is 0 Å². The zero-order valence-corrected chi connectivity index (χ0v) is 14.6. The Hall–Kier alpha value is -2.07. The second-order valence-electron chi connectivity index (χ2n) is 5.44. The molecule has 0 saturated carbocycles. The van der Waals surface area contributed by atoms with Gasteiger partial charge in [0.05, 0.1) is 6.04 Å². The van der Waals surface area contributed by atoms with Gasteiger partial charge in [-0.15, -0.1) is 0 Å². The highest BCUT2D eigenvalue weighted by molar-refractivity contribution is 6.31. The molecule has 1 heterocycles. The van der Waals surface area contributed by atoms with E-state index in [2.05, 4.69) is 40.5 Å². The molecule has 0 radical (unpaired) electrons. The Labute approximate surface area is 143 Å². The van der Waals surface area contributed by atoms with Crippen LogP contribution in [0.4, 0.5) is 0 Å². The molecule has 2 N–H and O–H groups in total. The number of benzene rings is 1. The molecule has 5 heteroatoms. The van der Waals surface area contributed by atoms with Crippen LogP contribution in [0.1, 0.15) is 29.7 Å². The van der Waals surface area contributed by atoms with Crippen LogP contribution in [-0.4, -0.2) is 24.5 Å². The van der Waals surface area contributed by atoms with Gasteiger partial charge in [-0.2, -0.15) is 0 Å². The Morgan fingerprint density at radius 1 is 1.30 bits per heavy atom. The Morgan fingerprint density at radius 2 is 2.09 bits per heavy atom. The molecule has 0 aliphatic heterocycles. The number of hydrogen-bond acceptors (Lipinski definition) is 2. The number of halogens is 1. The fraction of sp³-hybridized carbons (Fsp3) is 0.333. The molecule has 0 fully saturated rings. The lowest BCUT2D eigenvalue weighted by molar-refractivity contribution is 0.684. The normalized spacial score (nSPS) is 12.8. The van der Waals surface area contributed by atoms with E-state index in [-0.39, 0.29) is 6.04 Å². The van der Waals surface area contributed by atoms with Gasteiger partial charge in [0.1, 0.15) is 0 Å². The summed E-state index contributed by atoms with van der Waals surface area (Å²) in [7, 11) is 1.77. The van der Waals surface area contributed by atoms with Crippen LogP contribution in [0.15, 0.2) is 47.7 Å². The van der Waals surface area contributed by atoms with E-state index in [0.717, 1.165) is 29.5 Å². The fourth-order valence-electron chi connectivity index (χ4n) is 2.40. The largest absolute Gasteiger partial charge is 0.356 e. The van der Waals surface area contributed by atoms with Gasteiger partial charge >= 0.3 is 0 Å². The predicted octanol–water partition coefficient (Wildman–Crippen LogP) is 3.51. The molecule has 1 aromatic carbocycles. The van der Waals surface area contributed by atoms with Crippen LogP contribution in [0.25, 0.3) is 0 Å². The van der Waals surface area contributed by atoms with Crippen molar-refractivity contribution in [1.29, 1.82) is 0 Å². The van der Waals surface area contributed by atoms with Gasteiger partial charge < -0.3 is 10.6 Å². The van der Waals surface area contributed by atoms with Crippen molar-refractivity contribution in [3.8, 4) is 0 Å². The highest BCUT2D eigenvalue weighted by Crippen LogP contribution is 2.21. The van der Waals surface area contributed by atoms with Crippen molar-refractivity contribution < 1.29 is 0 Å². The molecular formula is C18H23ClN4. The summed E-state index contributed by atoms with van der Waals surface area (Å²) in [5.41, 5.74) is 3.56. The molecule has 0 aliphatic carbocycles. The van der Waals surface area contributed by atoms with Crippen LogP contribution in [0, 0.1) is 6.92 Å². The maximum absolute atomic E-state index is 6.24. The van der Waals surface area contributed by atoms with E-state index in [1.54, 1.807) is 7.05 Å². The Balaban J connectivity index is 1.89. The molecule has 0 aliphatic rings. The van der Waals surface area contributed by atoms with Crippen molar-refractivity contribution >= 4 is 17.6 Å². The summed E-state index contributed by atoms with van der Waals surface area (Å²) in [5, 5.41) is 7.47. The molecule has 2 aromatic rings. The van der Waals surface area contributed by atoms with Crippen molar-refractivity contribution in [3.05, 3.63) is 64.4 Å². The third-order valence-corrected chi connectivity index (χ3v) is 4.12. The molecule has 0 bridgehead atoms. The molecule has 4 nitrogen and oxygen atoms in total. The number of guanidine groups is 1. The summed E-state index contributed by atoms with van der Waals surface area (Å²) < 4.78 is 0. The average molecular weight is 331 g/mol. The number of hydrogen-bond donors (Lipinski definition) is 2. The van der Waals surface area contributed by atoms with Crippen LogP contribution in [0.5, 0.6) is 0 Å². The standard InChI is InChI=1S/C18H23ClN4/c1-13-12-21-10-8-15(13)9-11-22-18(20-3)23-14(2)16-6-4-5-7-17(16)19/h4-8,10,12,14H,9,11H2,1-3H3,(H2,20,22,23). The highest BCUT2D eigenvalue weighted by Gasteiger charge is 2.10. The van der Waals surface area contributed by atoms with Crippen molar-refractivity contribution in [3.63, 3.8) is 0 Å². The first-order valence-electron chi connectivity index (χ1n) is 7.73. The van der Waals surface area contributed by atoms with Crippen molar-refractivity contribution in [1.82, 2.24) is 15.6 Å². The predicted molar refractivity (Wildman–Crippen MR) is 97.0 cm³/mol. The van der Waals surface area contributed by atoms with E-state index in [4.69, 9.17) is 11.6 Å². The van der Waals surface area contributed by atoms with Crippen molar-refractivity contribution in [2.75, 3.05) is 13.6 Å². The number of rotatable bonds is 5. The maximum Gasteiger partial charge on any atom is 0.191 e. The summed E-state index contributed by atoms with van der Waals surface area (Å²) >= 11 is 6.24. The SMILES string of the molecule is CN=C(NCCc1ccncc1C)NC(C)c1ccccc1Cl. The van der Waals surface area contributed by atoms with E-state index in [0.29, 0.717) is 0 Å². The van der Waals surface area contributed by atoms with Gasteiger partial charge in [-0.25, -0.2) is 0 Å². The van der Waals surface area contributed by atoms with Gasteiger partial charge in [0.25, 0.3) is 0 Å². The lowest BCUT2D eigenvalue weighted by Crippen LogP contribution is -2.39. The summed E-state index contributed by atoms with van der Waals surface area (Å²) in [4.78, 5) is 8.39. The van der Waals surface area contributed by atoms with E-state index in [9.17, 15) is 0 Å². The third-order valence-electron chi connectivity index (χ3n) is 3.77. The smallest absolute Gasteiger partial charge is 0.191 e. The fourth-order valence-corrected chi connectivity index (χ4v) is 2.70. The zero-order valence-electron chi connectivity index (χ0n) is 13.8. The minimum atomic E-state index is 0.0811. The number of pyridine rings is 1. The number of nitrogens with zero attached hydrogens (tertiary/aromatic N) is 2. The van der Waals surface area contributed by atoms with Crippen LogP contribution in [0.2, 0.25) is 5.02 Å². The van der Waals surface area contributed by atoms with Crippen LogP contribution < -0.4 is 10.6 Å². The molecule has 1 atom stereocenters. The molecule has 0 saturated heterocycles. The Kier molecular flexibility index (Phi) is 6.41. The number of aryl methyl sites for hydroxylation is 1. The molecular weight excluding hydrogens is 308 g/mol. The molecule has 0 spiro atoms. The first-order valence-corrected chi connectivity index (χ1v) is 8.10. The van der Waals surface area contributed by atoms with Gasteiger partial charge in [0.15, 0.2) is 5.96 Å². The number of aliphatic imine (C=N–C) groups is 1. The maximum atomic E-state index is 6.24.